The third-order valence-corrected chi connectivity index (χ3v) is 2.75. The Balaban J connectivity index is 2.76. The first-order chi connectivity index (χ1) is 7.19. The minimum atomic E-state index is 0.163. The Labute approximate surface area is 92.4 Å². The zero-order valence-corrected chi connectivity index (χ0v) is 9.92. The van der Waals surface area contributed by atoms with E-state index < -0.39 is 0 Å². The van der Waals surface area contributed by atoms with Crippen LogP contribution in [-0.2, 0) is 0 Å². The van der Waals surface area contributed by atoms with Crippen LogP contribution >= 0.6 is 0 Å². The normalized spacial score (nSPS) is 12.5. The number of hydrogen-bond donors (Lipinski definition) is 1. The predicted molar refractivity (Wildman–Crippen MR) is 64.2 cm³/mol. The zero-order valence-electron chi connectivity index (χ0n) is 9.92. The monoisotopic (exact) mass is 207 g/mol. The van der Waals surface area contributed by atoms with E-state index in [0.29, 0.717) is 0 Å². The van der Waals surface area contributed by atoms with Gasteiger partial charge in [0.2, 0.25) is 0 Å². The molecule has 0 spiro atoms. The first-order valence-electron chi connectivity index (χ1n) is 5.59. The molecule has 0 amide bonds. The molecular weight excluding hydrogens is 186 g/mol. The Morgan fingerprint density at radius 2 is 2.13 bits per heavy atom. The number of rotatable bonds is 5. The van der Waals surface area contributed by atoms with Crippen LogP contribution in [-0.4, -0.2) is 7.11 Å². The second kappa shape index (κ2) is 5.76. The highest BCUT2D eigenvalue weighted by atomic mass is 16.5. The van der Waals surface area contributed by atoms with Gasteiger partial charge in [0.25, 0.3) is 0 Å². The quantitative estimate of drug-likeness (QED) is 0.804. The highest BCUT2D eigenvalue weighted by Crippen LogP contribution is 2.24. The molecule has 2 heteroatoms. The first-order valence-corrected chi connectivity index (χ1v) is 5.59. The van der Waals surface area contributed by atoms with Crippen molar-refractivity contribution in [3.63, 3.8) is 0 Å². The molecule has 0 saturated carbocycles. The van der Waals surface area contributed by atoms with Crippen LogP contribution < -0.4 is 10.5 Å². The van der Waals surface area contributed by atoms with Gasteiger partial charge in [0, 0.05) is 6.04 Å². The summed E-state index contributed by atoms with van der Waals surface area (Å²) >= 11 is 0. The van der Waals surface area contributed by atoms with Crippen LogP contribution in [0, 0.1) is 6.92 Å². The van der Waals surface area contributed by atoms with Crippen LogP contribution in [0.2, 0.25) is 0 Å². The summed E-state index contributed by atoms with van der Waals surface area (Å²) in [5.74, 6) is 0.902. The third kappa shape index (κ3) is 3.24. The van der Waals surface area contributed by atoms with Gasteiger partial charge >= 0.3 is 0 Å². The summed E-state index contributed by atoms with van der Waals surface area (Å²) in [6, 6.07) is 6.26. The van der Waals surface area contributed by atoms with Crippen LogP contribution in [0.5, 0.6) is 5.75 Å². The van der Waals surface area contributed by atoms with Gasteiger partial charge in [-0.25, -0.2) is 0 Å². The lowest BCUT2D eigenvalue weighted by Gasteiger charge is -2.15. The molecule has 0 aromatic heterocycles. The summed E-state index contributed by atoms with van der Waals surface area (Å²) in [5.41, 5.74) is 8.59. The number of ether oxygens (including phenoxy) is 1. The third-order valence-electron chi connectivity index (χ3n) is 2.75. The Morgan fingerprint density at radius 3 is 2.67 bits per heavy atom. The van der Waals surface area contributed by atoms with Crippen molar-refractivity contribution in [3.8, 4) is 5.75 Å². The standard InChI is InChI=1S/C13H21NO/c1-4-5-6-13(14)12-8-7-11(15-3)9-10(12)2/h7-9,13H,4-6,14H2,1-3H3/t13-/m1/s1. The Bertz CT molecular complexity index is 309. The molecule has 2 nitrogen and oxygen atoms in total. The van der Waals surface area contributed by atoms with E-state index in [2.05, 4.69) is 19.9 Å². The van der Waals surface area contributed by atoms with Crippen LogP contribution in [0.4, 0.5) is 0 Å². The van der Waals surface area contributed by atoms with Crippen molar-refractivity contribution in [3.05, 3.63) is 29.3 Å². The lowest BCUT2D eigenvalue weighted by molar-refractivity contribution is 0.414. The molecule has 84 valence electrons. The molecule has 0 saturated heterocycles. The van der Waals surface area contributed by atoms with Gasteiger partial charge in [-0.1, -0.05) is 25.8 Å². The molecule has 0 aliphatic heterocycles. The maximum Gasteiger partial charge on any atom is 0.119 e. The Hall–Kier alpha value is -1.02. The molecule has 0 aliphatic carbocycles. The summed E-state index contributed by atoms with van der Waals surface area (Å²) in [6.07, 6.45) is 3.44. The van der Waals surface area contributed by atoms with Crippen molar-refractivity contribution < 1.29 is 4.74 Å². The molecule has 1 aromatic carbocycles. The van der Waals surface area contributed by atoms with E-state index in [4.69, 9.17) is 10.5 Å². The van der Waals surface area contributed by atoms with Crippen molar-refractivity contribution in [2.75, 3.05) is 7.11 Å². The Kier molecular flexibility index (Phi) is 4.63. The lowest BCUT2D eigenvalue weighted by Crippen LogP contribution is -2.11. The molecule has 1 rings (SSSR count). The van der Waals surface area contributed by atoms with E-state index in [1.165, 1.54) is 24.0 Å². The fraction of sp³-hybridized carbons (Fsp3) is 0.538. The van der Waals surface area contributed by atoms with Crippen molar-refractivity contribution in [2.45, 2.75) is 39.2 Å². The Morgan fingerprint density at radius 1 is 1.40 bits per heavy atom. The number of nitrogens with two attached hydrogens (primary N) is 1. The molecule has 1 atom stereocenters. The van der Waals surface area contributed by atoms with Gasteiger partial charge in [-0.2, -0.15) is 0 Å². The highest BCUT2D eigenvalue weighted by Gasteiger charge is 2.08. The molecule has 15 heavy (non-hydrogen) atoms. The molecule has 0 unspecified atom stereocenters. The first kappa shape index (κ1) is 12.1. The summed E-state index contributed by atoms with van der Waals surface area (Å²) in [4.78, 5) is 0. The minimum Gasteiger partial charge on any atom is -0.497 e. The van der Waals surface area contributed by atoms with Gasteiger partial charge < -0.3 is 10.5 Å². The largest absolute Gasteiger partial charge is 0.497 e. The minimum absolute atomic E-state index is 0.163. The van der Waals surface area contributed by atoms with Gasteiger partial charge in [0.15, 0.2) is 0 Å². The van der Waals surface area contributed by atoms with Gasteiger partial charge in [-0.05, 0) is 36.6 Å². The molecular formula is C13H21NO. The predicted octanol–water partition coefficient (Wildman–Crippen LogP) is 3.19. The van der Waals surface area contributed by atoms with Gasteiger partial charge in [0.1, 0.15) is 5.75 Å². The summed E-state index contributed by atoms with van der Waals surface area (Å²) in [5, 5.41) is 0. The molecule has 0 heterocycles. The van der Waals surface area contributed by atoms with E-state index in [0.717, 1.165) is 12.2 Å². The van der Waals surface area contributed by atoms with Crippen molar-refractivity contribution >= 4 is 0 Å². The number of hydrogen-bond acceptors (Lipinski definition) is 2. The molecule has 1 aromatic rings. The van der Waals surface area contributed by atoms with Gasteiger partial charge in [0.05, 0.1) is 7.11 Å². The summed E-state index contributed by atoms with van der Waals surface area (Å²) < 4.78 is 5.17. The molecule has 0 radical (unpaired) electrons. The maximum absolute atomic E-state index is 6.13. The van der Waals surface area contributed by atoms with E-state index in [1.54, 1.807) is 7.11 Å². The van der Waals surface area contributed by atoms with E-state index in [1.807, 2.05) is 12.1 Å². The molecule has 0 bridgehead atoms. The summed E-state index contributed by atoms with van der Waals surface area (Å²) in [7, 11) is 1.69. The number of unbranched alkanes of at least 4 members (excludes halogenated alkanes) is 1. The smallest absolute Gasteiger partial charge is 0.119 e. The molecule has 0 aliphatic rings. The SMILES string of the molecule is CCCC[C@@H](N)c1ccc(OC)cc1C. The fourth-order valence-corrected chi connectivity index (χ4v) is 1.77. The van der Waals surface area contributed by atoms with E-state index in [-0.39, 0.29) is 6.04 Å². The average molecular weight is 207 g/mol. The molecule has 2 N–H and O–H groups in total. The van der Waals surface area contributed by atoms with Crippen LogP contribution in [0.15, 0.2) is 18.2 Å². The van der Waals surface area contributed by atoms with Crippen LogP contribution in [0.25, 0.3) is 0 Å². The second-order valence-electron chi connectivity index (χ2n) is 3.97. The van der Waals surface area contributed by atoms with E-state index in [9.17, 15) is 0 Å². The molecule has 0 fully saturated rings. The average Bonchev–Trinajstić information content (AvgIpc) is 2.25. The van der Waals surface area contributed by atoms with Crippen LogP contribution in [0.1, 0.15) is 43.4 Å². The summed E-state index contributed by atoms with van der Waals surface area (Å²) in [6.45, 7) is 4.28. The van der Waals surface area contributed by atoms with Crippen molar-refractivity contribution in [2.24, 2.45) is 5.73 Å². The highest BCUT2D eigenvalue weighted by molar-refractivity contribution is 5.36. The lowest BCUT2D eigenvalue weighted by atomic mass is 9.97. The van der Waals surface area contributed by atoms with Gasteiger partial charge in [-0.15, -0.1) is 0 Å². The van der Waals surface area contributed by atoms with Crippen LogP contribution in [0.3, 0.4) is 0 Å². The second-order valence-corrected chi connectivity index (χ2v) is 3.97. The zero-order chi connectivity index (χ0) is 11.3. The topological polar surface area (TPSA) is 35.2 Å². The maximum atomic E-state index is 6.13. The van der Waals surface area contributed by atoms with Gasteiger partial charge in [-0.3, -0.25) is 0 Å². The fourth-order valence-electron chi connectivity index (χ4n) is 1.77. The number of benzene rings is 1. The van der Waals surface area contributed by atoms with Crippen molar-refractivity contribution in [1.29, 1.82) is 0 Å². The van der Waals surface area contributed by atoms with E-state index >= 15 is 0 Å². The van der Waals surface area contributed by atoms with Crippen molar-refractivity contribution in [1.82, 2.24) is 0 Å². The number of aryl methyl sites for hydroxylation is 1. The number of methoxy groups -OCH3 is 1.